The molecule has 8 nitrogen and oxygen atoms in total. The van der Waals surface area contributed by atoms with Crippen LogP contribution in [-0.4, -0.2) is 26.5 Å². The van der Waals surface area contributed by atoms with Crippen LogP contribution in [0.3, 0.4) is 0 Å². The molecule has 0 aliphatic carbocycles. The van der Waals surface area contributed by atoms with Crippen LogP contribution in [0.5, 0.6) is 0 Å². The minimum Gasteiger partial charge on any atom is -0.458 e. The van der Waals surface area contributed by atoms with Gasteiger partial charge in [0, 0.05) is 22.6 Å². The zero-order valence-electron chi connectivity index (χ0n) is 18.3. The number of nitrogens with two attached hydrogens (primary N) is 1. The number of aliphatic hydroxyl groups is 1. The molecule has 5 rings (SSSR count). The van der Waals surface area contributed by atoms with Crippen LogP contribution in [0, 0.1) is 0 Å². The highest BCUT2D eigenvalue weighted by molar-refractivity contribution is 5.98. The molecule has 1 atom stereocenters. The Morgan fingerprint density at radius 2 is 2.09 bits per heavy atom. The monoisotopic (exact) mass is 445 g/mol. The highest BCUT2D eigenvalue weighted by Crippen LogP contribution is 2.40. The lowest BCUT2D eigenvalue weighted by atomic mass is 9.86. The predicted molar refractivity (Wildman–Crippen MR) is 122 cm³/mol. The van der Waals surface area contributed by atoms with Crippen molar-refractivity contribution < 1.29 is 19.4 Å². The summed E-state index contributed by atoms with van der Waals surface area (Å²) in [6.07, 6.45) is 3.77. The quantitative estimate of drug-likeness (QED) is 0.366. The van der Waals surface area contributed by atoms with Gasteiger partial charge in [0.15, 0.2) is 5.60 Å². The van der Waals surface area contributed by atoms with Gasteiger partial charge in [0.05, 0.1) is 29.0 Å². The number of cyclic esters (lactones) is 1. The average Bonchev–Trinajstić information content (AvgIpc) is 3.17. The van der Waals surface area contributed by atoms with Crippen molar-refractivity contribution in [3.05, 3.63) is 68.5 Å². The number of primary amides is 1. The molecule has 0 saturated heterocycles. The predicted octanol–water partition coefficient (Wildman–Crippen LogP) is 2.14. The normalized spacial score (nSPS) is 18.8. The van der Waals surface area contributed by atoms with Gasteiger partial charge in [-0.2, -0.15) is 0 Å². The van der Waals surface area contributed by atoms with E-state index in [0.29, 0.717) is 35.5 Å². The average molecular weight is 445 g/mol. The van der Waals surface area contributed by atoms with Crippen LogP contribution < -0.4 is 11.3 Å². The molecular weight excluding hydrogens is 422 g/mol. The summed E-state index contributed by atoms with van der Waals surface area (Å²) < 4.78 is 6.76. The Morgan fingerprint density at radius 1 is 1.30 bits per heavy atom. The first-order valence-corrected chi connectivity index (χ1v) is 10.9. The lowest BCUT2D eigenvalue weighted by Gasteiger charge is -2.31. The largest absolute Gasteiger partial charge is 0.458 e. The van der Waals surface area contributed by atoms with E-state index in [0.717, 1.165) is 27.6 Å². The number of nitrogens with zero attached hydrogens (tertiary/aromatic N) is 2. The van der Waals surface area contributed by atoms with Gasteiger partial charge >= 0.3 is 5.97 Å². The number of hydrogen-bond acceptors (Lipinski definition) is 6. The van der Waals surface area contributed by atoms with Crippen molar-refractivity contribution in [3.63, 3.8) is 0 Å². The minimum absolute atomic E-state index is 0.0928. The highest BCUT2D eigenvalue weighted by Gasteiger charge is 2.45. The summed E-state index contributed by atoms with van der Waals surface area (Å²) in [5, 5.41) is 11.9. The Labute approximate surface area is 189 Å². The second kappa shape index (κ2) is 7.38. The van der Waals surface area contributed by atoms with Gasteiger partial charge in [0.2, 0.25) is 5.91 Å². The SMILES string of the molecule is CCc1c2c(nc3cccc(C=CC(N)=O)c13)-c1cc3c(c(=O)n1C2)COC(=O)C3(O)CC. The van der Waals surface area contributed by atoms with E-state index in [9.17, 15) is 19.5 Å². The number of carbonyl (C=O) groups excluding carboxylic acids is 2. The second-order valence-corrected chi connectivity index (χ2v) is 8.35. The molecule has 4 heterocycles. The molecule has 0 spiro atoms. The Balaban J connectivity index is 1.80. The van der Waals surface area contributed by atoms with Gasteiger partial charge in [-0.3, -0.25) is 9.59 Å². The first-order valence-electron chi connectivity index (χ1n) is 10.9. The number of amides is 1. The molecule has 0 radical (unpaired) electrons. The van der Waals surface area contributed by atoms with Crippen molar-refractivity contribution in [1.29, 1.82) is 0 Å². The molecule has 0 bridgehead atoms. The minimum atomic E-state index is -1.86. The number of carbonyl (C=O) groups is 2. The van der Waals surface area contributed by atoms with E-state index in [2.05, 4.69) is 0 Å². The van der Waals surface area contributed by atoms with Crippen LogP contribution >= 0.6 is 0 Å². The summed E-state index contributed by atoms with van der Waals surface area (Å²) in [6.45, 7) is 3.87. The van der Waals surface area contributed by atoms with E-state index >= 15 is 0 Å². The van der Waals surface area contributed by atoms with E-state index < -0.39 is 17.5 Å². The Hall–Kier alpha value is -3.78. The third kappa shape index (κ3) is 2.94. The molecule has 1 unspecified atom stereocenters. The van der Waals surface area contributed by atoms with Gasteiger partial charge in [-0.25, -0.2) is 9.78 Å². The maximum atomic E-state index is 13.4. The molecule has 2 aliphatic heterocycles. The third-order valence-electron chi connectivity index (χ3n) is 6.64. The molecule has 0 fully saturated rings. The van der Waals surface area contributed by atoms with E-state index in [1.54, 1.807) is 23.6 Å². The first kappa shape index (κ1) is 21.1. The van der Waals surface area contributed by atoms with Crippen molar-refractivity contribution in [2.45, 2.75) is 45.4 Å². The lowest BCUT2D eigenvalue weighted by molar-refractivity contribution is -0.172. The standard InChI is InChI=1S/C25H23N3O5/c1-3-14-15-11-28-19(10-17-16(23(28)30)12-33-24(31)25(17,32)4-2)22(15)27-18-7-5-6-13(21(14)18)8-9-20(26)29/h5-10,32H,3-4,11-12H2,1-2H3,(H2,26,29). The summed E-state index contributed by atoms with van der Waals surface area (Å²) in [4.78, 5) is 41.9. The molecule has 8 heteroatoms. The van der Waals surface area contributed by atoms with Gasteiger partial charge in [-0.05, 0) is 42.2 Å². The van der Waals surface area contributed by atoms with E-state index in [1.165, 1.54) is 6.08 Å². The van der Waals surface area contributed by atoms with Crippen LogP contribution in [0.15, 0.2) is 35.1 Å². The summed E-state index contributed by atoms with van der Waals surface area (Å²) in [7, 11) is 0. The van der Waals surface area contributed by atoms with Crippen LogP contribution in [0.4, 0.5) is 0 Å². The highest BCUT2D eigenvalue weighted by atomic mass is 16.6. The van der Waals surface area contributed by atoms with Crippen molar-refractivity contribution in [2.24, 2.45) is 5.73 Å². The topological polar surface area (TPSA) is 125 Å². The Kier molecular flexibility index (Phi) is 4.72. The molecule has 1 aromatic carbocycles. The summed E-state index contributed by atoms with van der Waals surface area (Å²) in [5.74, 6) is -1.28. The van der Waals surface area contributed by atoms with E-state index in [1.807, 2.05) is 25.1 Å². The van der Waals surface area contributed by atoms with Gasteiger partial charge in [0.1, 0.15) is 6.61 Å². The number of aryl methyl sites for hydroxylation is 1. The Bertz CT molecular complexity index is 1450. The van der Waals surface area contributed by atoms with Crippen molar-refractivity contribution in [1.82, 2.24) is 9.55 Å². The maximum absolute atomic E-state index is 13.4. The summed E-state index contributed by atoms with van der Waals surface area (Å²) >= 11 is 0. The fourth-order valence-corrected chi connectivity index (χ4v) is 4.96. The number of hydrogen-bond donors (Lipinski definition) is 2. The number of benzene rings is 1. The number of pyridine rings is 2. The van der Waals surface area contributed by atoms with Crippen LogP contribution in [0.2, 0.25) is 0 Å². The summed E-state index contributed by atoms with van der Waals surface area (Å²) in [5.41, 5.74) is 8.44. The van der Waals surface area contributed by atoms with Crippen LogP contribution in [0.1, 0.15) is 48.1 Å². The van der Waals surface area contributed by atoms with Crippen LogP contribution in [-0.2, 0) is 39.5 Å². The summed E-state index contributed by atoms with van der Waals surface area (Å²) in [6, 6.07) is 7.34. The lowest BCUT2D eigenvalue weighted by Crippen LogP contribution is -2.44. The molecule has 2 aromatic heterocycles. The van der Waals surface area contributed by atoms with Crippen molar-refractivity contribution in [2.75, 3.05) is 0 Å². The number of ether oxygens (including phenoxy) is 1. The molecule has 33 heavy (non-hydrogen) atoms. The zero-order valence-corrected chi connectivity index (χ0v) is 18.3. The van der Waals surface area contributed by atoms with Gasteiger partial charge in [-0.1, -0.05) is 26.0 Å². The zero-order chi connectivity index (χ0) is 23.5. The molecule has 2 aliphatic rings. The molecular formula is C25H23N3O5. The fraction of sp³-hybridized carbons (Fsp3) is 0.280. The second-order valence-electron chi connectivity index (χ2n) is 8.35. The van der Waals surface area contributed by atoms with Gasteiger partial charge in [0.25, 0.3) is 5.56 Å². The van der Waals surface area contributed by atoms with Gasteiger partial charge < -0.3 is 20.1 Å². The van der Waals surface area contributed by atoms with Crippen molar-refractivity contribution >= 4 is 28.9 Å². The number of esters is 1. The van der Waals surface area contributed by atoms with E-state index in [4.69, 9.17) is 15.5 Å². The number of fused-ring (bicyclic) bond motifs is 5. The smallest absolute Gasteiger partial charge is 0.343 e. The molecule has 0 saturated carbocycles. The third-order valence-corrected chi connectivity index (χ3v) is 6.64. The van der Waals surface area contributed by atoms with E-state index in [-0.39, 0.29) is 18.6 Å². The van der Waals surface area contributed by atoms with Crippen LogP contribution in [0.25, 0.3) is 28.4 Å². The number of rotatable bonds is 4. The van der Waals surface area contributed by atoms with Crippen molar-refractivity contribution in [3.8, 4) is 11.4 Å². The van der Waals surface area contributed by atoms with Gasteiger partial charge in [-0.15, -0.1) is 0 Å². The first-order chi connectivity index (χ1) is 15.8. The Morgan fingerprint density at radius 3 is 2.79 bits per heavy atom. The molecule has 1 amide bonds. The maximum Gasteiger partial charge on any atom is 0.343 e. The molecule has 3 N–H and O–H groups in total. The molecule has 168 valence electrons. The number of aromatic nitrogens is 2. The fourth-order valence-electron chi connectivity index (χ4n) is 4.96. The molecule has 3 aromatic rings.